The van der Waals surface area contributed by atoms with Crippen molar-refractivity contribution in [2.45, 2.75) is 31.3 Å². The summed E-state index contributed by atoms with van der Waals surface area (Å²) in [7, 11) is 3.42. The Balaban J connectivity index is 1.64. The summed E-state index contributed by atoms with van der Waals surface area (Å²) in [5.74, 6) is 1.00. The molecule has 3 aromatic rings. The summed E-state index contributed by atoms with van der Waals surface area (Å²) in [5, 5.41) is 0. The van der Waals surface area contributed by atoms with E-state index in [0.717, 1.165) is 30.3 Å². The van der Waals surface area contributed by atoms with Crippen molar-refractivity contribution in [3.8, 4) is 17.2 Å². The lowest BCUT2D eigenvalue weighted by molar-refractivity contribution is 0.0734. The smallest absolute Gasteiger partial charge is 0.253 e. The van der Waals surface area contributed by atoms with Gasteiger partial charge in [-0.1, -0.05) is 12.1 Å². The molecule has 0 unspecified atom stereocenters. The Morgan fingerprint density at radius 1 is 1.26 bits per heavy atom. The topological polar surface area (TPSA) is 81.6 Å². The van der Waals surface area contributed by atoms with Gasteiger partial charge < -0.3 is 19.8 Å². The minimum Gasteiger partial charge on any atom is -0.496 e. The van der Waals surface area contributed by atoms with Crippen molar-refractivity contribution in [3.05, 3.63) is 48.0 Å². The van der Waals surface area contributed by atoms with Gasteiger partial charge in [0.05, 0.1) is 12.7 Å². The fourth-order valence-corrected chi connectivity index (χ4v) is 3.70. The number of aromatic nitrogens is 1. The Labute approximate surface area is 157 Å². The number of fused-ring (bicyclic) bond motifs is 1. The van der Waals surface area contributed by atoms with Crippen LogP contribution in [0.15, 0.2) is 46.9 Å². The first-order valence-corrected chi connectivity index (χ1v) is 9.13. The van der Waals surface area contributed by atoms with E-state index in [9.17, 15) is 4.79 Å². The van der Waals surface area contributed by atoms with Crippen molar-refractivity contribution in [3.63, 3.8) is 0 Å². The number of amides is 1. The molecule has 2 atom stereocenters. The number of para-hydroxylation sites is 2. The number of methoxy groups -OCH3 is 1. The molecule has 4 rings (SSSR count). The Bertz CT molecular complexity index is 949. The number of carbonyl (C=O) groups is 1. The molecule has 1 aromatic heterocycles. The van der Waals surface area contributed by atoms with Crippen molar-refractivity contribution in [2.75, 3.05) is 14.2 Å². The Morgan fingerprint density at radius 2 is 2.07 bits per heavy atom. The second kappa shape index (κ2) is 7.04. The molecule has 140 valence electrons. The van der Waals surface area contributed by atoms with E-state index in [-0.39, 0.29) is 18.0 Å². The van der Waals surface area contributed by atoms with E-state index in [2.05, 4.69) is 4.98 Å². The zero-order valence-corrected chi connectivity index (χ0v) is 15.5. The number of nitrogens with zero attached hydrogens (tertiary/aromatic N) is 2. The highest BCUT2D eigenvalue weighted by molar-refractivity contribution is 5.95. The highest BCUT2D eigenvalue weighted by Crippen LogP contribution is 2.33. The second-order valence-electron chi connectivity index (χ2n) is 7.04. The van der Waals surface area contributed by atoms with E-state index in [1.54, 1.807) is 24.1 Å². The molecule has 0 bridgehead atoms. The first-order chi connectivity index (χ1) is 13.1. The number of ether oxygens (including phenoxy) is 1. The number of nitrogens with two attached hydrogens (primary N) is 1. The maximum Gasteiger partial charge on any atom is 0.253 e. The molecule has 6 heteroatoms. The standard InChI is InChI=1S/C21H23N3O3/c1-24(15-9-8-14(22)12-15)21(25)13-7-10-16(19(11-13)26-2)20-23-17-5-3-4-6-18(17)27-20/h3-7,10-11,14-15H,8-9,12,22H2,1-2H3/t14-,15+/m0/s1. The van der Waals surface area contributed by atoms with Gasteiger partial charge in [0.25, 0.3) is 5.91 Å². The lowest BCUT2D eigenvalue weighted by Gasteiger charge is -2.25. The third-order valence-corrected chi connectivity index (χ3v) is 5.29. The van der Waals surface area contributed by atoms with Crippen molar-refractivity contribution < 1.29 is 13.9 Å². The maximum absolute atomic E-state index is 12.9. The third-order valence-electron chi connectivity index (χ3n) is 5.29. The minimum atomic E-state index is -0.0310. The first-order valence-electron chi connectivity index (χ1n) is 9.13. The molecule has 1 saturated carbocycles. The average Bonchev–Trinajstić information content (AvgIpc) is 3.32. The average molecular weight is 365 g/mol. The van der Waals surface area contributed by atoms with Gasteiger partial charge in [0.1, 0.15) is 11.3 Å². The number of hydrogen-bond donors (Lipinski definition) is 1. The van der Waals surface area contributed by atoms with Gasteiger partial charge >= 0.3 is 0 Å². The highest BCUT2D eigenvalue weighted by atomic mass is 16.5. The van der Waals surface area contributed by atoms with Crippen molar-refractivity contribution in [2.24, 2.45) is 5.73 Å². The summed E-state index contributed by atoms with van der Waals surface area (Å²) in [6.07, 6.45) is 2.75. The zero-order valence-electron chi connectivity index (χ0n) is 15.5. The van der Waals surface area contributed by atoms with Gasteiger partial charge in [0, 0.05) is 24.7 Å². The molecule has 27 heavy (non-hydrogen) atoms. The van der Waals surface area contributed by atoms with Crippen LogP contribution in [0.2, 0.25) is 0 Å². The number of rotatable bonds is 4. The Kier molecular flexibility index (Phi) is 4.58. The first kappa shape index (κ1) is 17.5. The fourth-order valence-electron chi connectivity index (χ4n) is 3.70. The van der Waals surface area contributed by atoms with Gasteiger partial charge in [-0.2, -0.15) is 0 Å². The van der Waals surface area contributed by atoms with Crippen LogP contribution in [0.4, 0.5) is 0 Å². The molecule has 0 aliphatic heterocycles. The molecule has 1 amide bonds. The summed E-state index contributed by atoms with van der Waals surface area (Å²) < 4.78 is 11.4. The summed E-state index contributed by atoms with van der Waals surface area (Å²) in [6.45, 7) is 0. The van der Waals surface area contributed by atoms with Crippen LogP contribution >= 0.6 is 0 Å². The van der Waals surface area contributed by atoms with Crippen LogP contribution in [0.1, 0.15) is 29.6 Å². The largest absolute Gasteiger partial charge is 0.496 e. The molecule has 1 fully saturated rings. The zero-order chi connectivity index (χ0) is 19.0. The van der Waals surface area contributed by atoms with E-state index < -0.39 is 0 Å². The summed E-state index contributed by atoms with van der Waals surface area (Å²) in [4.78, 5) is 19.2. The van der Waals surface area contributed by atoms with Crippen LogP contribution in [-0.2, 0) is 0 Å². The number of oxazole rings is 1. The van der Waals surface area contributed by atoms with Gasteiger partial charge in [-0.3, -0.25) is 4.79 Å². The van der Waals surface area contributed by atoms with Crippen LogP contribution in [0.25, 0.3) is 22.6 Å². The van der Waals surface area contributed by atoms with Crippen LogP contribution < -0.4 is 10.5 Å². The molecule has 2 N–H and O–H groups in total. The van der Waals surface area contributed by atoms with Gasteiger partial charge in [-0.05, 0) is 49.6 Å². The Hall–Kier alpha value is -2.86. The van der Waals surface area contributed by atoms with E-state index in [1.807, 2.05) is 37.4 Å². The predicted molar refractivity (Wildman–Crippen MR) is 104 cm³/mol. The lowest BCUT2D eigenvalue weighted by Crippen LogP contribution is -2.36. The normalized spacial score (nSPS) is 19.4. The molecule has 0 radical (unpaired) electrons. The van der Waals surface area contributed by atoms with Crippen molar-refractivity contribution >= 4 is 17.0 Å². The van der Waals surface area contributed by atoms with E-state index in [4.69, 9.17) is 14.9 Å². The molecule has 1 aliphatic rings. The van der Waals surface area contributed by atoms with Crippen molar-refractivity contribution in [1.82, 2.24) is 9.88 Å². The van der Waals surface area contributed by atoms with E-state index in [1.165, 1.54) is 0 Å². The molecule has 0 spiro atoms. The van der Waals surface area contributed by atoms with Gasteiger partial charge in [-0.25, -0.2) is 4.98 Å². The van der Waals surface area contributed by atoms with Crippen LogP contribution in [-0.4, -0.2) is 42.0 Å². The molecule has 2 aromatic carbocycles. The third kappa shape index (κ3) is 3.28. The van der Waals surface area contributed by atoms with Gasteiger partial charge in [-0.15, -0.1) is 0 Å². The van der Waals surface area contributed by atoms with Gasteiger partial charge in [0.2, 0.25) is 5.89 Å². The minimum absolute atomic E-state index is 0.0310. The summed E-state index contributed by atoms with van der Waals surface area (Å²) in [6, 6.07) is 13.3. The summed E-state index contributed by atoms with van der Waals surface area (Å²) >= 11 is 0. The van der Waals surface area contributed by atoms with Crippen LogP contribution in [0.5, 0.6) is 5.75 Å². The monoisotopic (exact) mass is 365 g/mol. The maximum atomic E-state index is 12.9. The SMILES string of the molecule is COc1cc(C(=O)N(C)[C@@H]2CC[C@H](N)C2)ccc1-c1nc2ccccc2o1. The molecular formula is C21H23N3O3. The van der Waals surface area contributed by atoms with Crippen LogP contribution in [0.3, 0.4) is 0 Å². The molecule has 0 saturated heterocycles. The van der Waals surface area contributed by atoms with E-state index in [0.29, 0.717) is 22.8 Å². The quantitative estimate of drug-likeness (QED) is 0.766. The van der Waals surface area contributed by atoms with Gasteiger partial charge in [0.15, 0.2) is 5.58 Å². The van der Waals surface area contributed by atoms with E-state index >= 15 is 0 Å². The second-order valence-corrected chi connectivity index (χ2v) is 7.04. The molecular weight excluding hydrogens is 342 g/mol. The Morgan fingerprint density at radius 3 is 2.78 bits per heavy atom. The predicted octanol–water partition coefficient (Wildman–Crippen LogP) is 3.46. The fraction of sp³-hybridized carbons (Fsp3) is 0.333. The van der Waals surface area contributed by atoms with Crippen molar-refractivity contribution in [1.29, 1.82) is 0 Å². The molecule has 1 aliphatic carbocycles. The number of carbonyl (C=O) groups excluding carboxylic acids is 1. The number of hydrogen-bond acceptors (Lipinski definition) is 5. The highest BCUT2D eigenvalue weighted by Gasteiger charge is 2.29. The summed E-state index contributed by atoms with van der Waals surface area (Å²) in [5.41, 5.74) is 8.78. The van der Waals surface area contributed by atoms with Crippen LogP contribution in [0, 0.1) is 0 Å². The lowest BCUT2D eigenvalue weighted by atomic mass is 10.1. The number of benzene rings is 2. The molecule has 1 heterocycles. The molecule has 6 nitrogen and oxygen atoms in total.